The van der Waals surface area contributed by atoms with E-state index in [1.807, 2.05) is 19.1 Å². The Morgan fingerprint density at radius 1 is 1.28 bits per heavy atom. The number of halogens is 2. The maximum atomic E-state index is 6.18. The van der Waals surface area contributed by atoms with Crippen LogP contribution >= 0.6 is 23.2 Å². The van der Waals surface area contributed by atoms with Gasteiger partial charge >= 0.3 is 0 Å². The third-order valence-electron chi connectivity index (χ3n) is 2.24. The molecule has 0 aliphatic rings. The van der Waals surface area contributed by atoms with E-state index in [0.29, 0.717) is 28.6 Å². The summed E-state index contributed by atoms with van der Waals surface area (Å²) in [6.45, 7) is 2.42. The smallest absolute Gasteiger partial charge is 0.221 e. The normalized spacial score (nSPS) is 10.4. The molecule has 2 N–H and O–H groups in total. The largest absolute Gasteiger partial charge is 0.493 e. The SMILES string of the molecule is CCOc1cccc(Cl)c1-c1cc(Cl)nc(N)n1. The Morgan fingerprint density at radius 2 is 2.06 bits per heavy atom. The molecule has 2 aromatic rings. The summed E-state index contributed by atoms with van der Waals surface area (Å²) in [4.78, 5) is 7.94. The second kappa shape index (κ2) is 5.42. The van der Waals surface area contributed by atoms with Gasteiger partial charge in [0.25, 0.3) is 0 Å². The van der Waals surface area contributed by atoms with E-state index >= 15 is 0 Å². The number of ether oxygens (including phenoxy) is 1. The molecule has 0 atom stereocenters. The van der Waals surface area contributed by atoms with E-state index in [4.69, 9.17) is 33.7 Å². The monoisotopic (exact) mass is 283 g/mol. The predicted molar refractivity (Wildman–Crippen MR) is 73.1 cm³/mol. The minimum atomic E-state index is 0.0971. The average Bonchev–Trinajstić information content (AvgIpc) is 2.28. The molecule has 4 nitrogen and oxygen atoms in total. The summed E-state index contributed by atoms with van der Waals surface area (Å²) in [5.74, 6) is 0.735. The van der Waals surface area contributed by atoms with Crippen molar-refractivity contribution in [3.63, 3.8) is 0 Å². The van der Waals surface area contributed by atoms with E-state index in [9.17, 15) is 0 Å². The molecule has 1 aromatic carbocycles. The van der Waals surface area contributed by atoms with Crippen LogP contribution in [0.2, 0.25) is 10.2 Å². The molecule has 6 heteroatoms. The molecule has 0 saturated carbocycles. The lowest BCUT2D eigenvalue weighted by Gasteiger charge is -2.11. The number of nitrogens with zero attached hydrogens (tertiary/aromatic N) is 2. The lowest BCUT2D eigenvalue weighted by Crippen LogP contribution is -1.99. The number of nitrogens with two attached hydrogens (primary N) is 1. The van der Waals surface area contributed by atoms with Crippen molar-refractivity contribution in [3.05, 3.63) is 34.4 Å². The Labute approximate surface area is 115 Å². The van der Waals surface area contributed by atoms with Crippen LogP contribution in [0.15, 0.2) is 24.3 Å². The van der Waals surface area contributed by atoms with Gasteiger partial charge in [-0.05, 0) is 19.1 Å². The first kappa shape index (κ1) is 12.9. The zero-order valence-electron chi connectivity index (χ0n) is 9.65. The van der Waals surface area contributed by atoms with E-state index < -0.39 is 0 Å². The number of hydrogen-bond acceptors (Lipinski definition) is 4. The van der Waals surface area contributed by atoms with Crippen LogP contribution in [0.3, 0.4) is 0 Å². The van der Waals surface area contributed by atoms with Crippen LogP contribution in [0.25, 0.3) is 11.3 Å². The van der Waals surface area contributed by atoms with Gasteiger partial charge in [0, 0.05) is 6.07 Å². The predicted octanol–water partition coefficient (Wildman–Crippen LogP) is 3.43. The molecule has 0 saturated heterocycles. The first-order valence-corrected chi connectivity index (χ1v) is 6.09. The molecule has 18 heavy (non-hydrogen) atoms. The first-order chi connectivity index (χ1) is 8.61. The molecule has 1 aromatic heterocycles. The first-order valence-electron chi connectivity index (χ1n) is 5.33. The van der Waals surface area contributed by atoms with Crippen LogP contribution in [0.4, 0.5) is 5.95 Å². The number of nitrogen functional groups attached to an aromatic ring is 1. The highest BCUT2D eigenvalue weighted by Crippen LogP contribution is 2.36. The third-order valence-corrected chi connectivity index (χ3v) is 2.75. The zero-order valence-corrected chi connectivity index (χ0v) is 11.2. The van der Waals surface area contributed by atoms with Gasteiger partial charge in [0.2, 0.25) is 5.95 Å². The molecule has 0 amide bonds. The summed E-state index contributed by atoms with van der Waals surface area (Å²) in [7, 11) is 0. The second-order valence-electron chi connectivity index (χ2n) is 3.48. The molecule has 0 aliphatic heterocycles. The van der Waals surface area contributed by atoms with Gasteiger partial charge in [-0.3, -0.25) is 0 Å². The van der Waals surface area contributed by atoms with Crippen molar-refractivity contribution in [1.29, 1.82) is 0 Å². The number of rotatable bonds is 3. The van der Waals surface area contributed by atoms with Gasteiger partial charge in [-0.1, -0.05) is 29.3 Å². The van der Waals surface area contributed by atoms with Gasteiger partial charge in [0.15, 0.2) is 0 Å². The Hall–Kier alpha value is -1.52. The van der Waals surface area contributed by atoms with Crippen LogP contribution in [0.1, 0.15) is 6.92 Å². The van der Waals surface area contributed by atoms with E-state index in [2.05, 4.69) is 9.97 Å². The maximum absolute atomic E-state index is 6.18. The molecule has 0 fully saturated rings. The van der Waals surface area contributed by atoms with Crippen molar-refractivity contribution >= 4 is 29.2 Å². The molecule has 0 unspecified atom stereocenters. The van der Waals surface area contributed by atoms with Crippen molar-refractivity contribution in [2.24, 2.45) is 0 Å². The maximum Gasteiger partial charge on any atom is 0.221 e. The molecular weight excluding hydrogens is 273 g/mol. The summed E-state index contributed by atoms with van der Waals surface area (Å²) in [6.07, 6.45) is 0. The standard InChI is InChI=1S/C12H11Cl2N3O/c1-2-18-9-5-3-4-7(13)11(9)8-6-10(14)17-12(15)16-8/h3-6H,2H2,1H3,(H2,15,16,17). The minimum Gasteiger partial charge on any atom is -0.493 e. The fourth-order valence-corrected chi connectivity index (χ4v) is 2.04. The van der Waals surface area contributed by atoms with Crippen LogP contribution in [-0.2, 0) is 0 Å². The lowest BCUT2D eigenvalue weighted by molar-refractivity contribution is 0.341. The van der Waals surface area contributed by atoms with Gasteiger partial charge in [-0.15, -0.1) is 0 Å². The van der Waals surface area contributed by atoms with Gasteiger partial charge < -0.3 is 10.5 Å². The summed E-state index contributed by atoms with van der Waals surface area (Å²) in [5, 5.41) is 0.787. The Morgan fingerprint density at radius 3 is 2.72 bits per heavy atom. The van der Waals surface area contributed by atoms with Crippen molar-refractivity contribution in [1.82, 2.24) is 9.97 Å². The second-order valence-corrected chi connectivity index (χ2v) is 4.27. The fraction of sp³-hybridized carbons (Fsp3) is 0.167. The summed E-state index contributed by atoms with van der Waals surface area (Å²) in [5.41, 5.74) is 6.79. The van der Waals surface area contributed by atoms with E-state index in [0.717, 1.165) is 0 Å². The van der Waals surface area contributed by atoms with Crippen molar-refractivity contribution in [3.8, 4) is 17.0 Å². The quantitative estimate of drug-likeness (QED) is 0.877. The third kappa shape index (κ3) is 2.66. The van der Waals surface area contributed by atoms with Crippen molar-refractivity contribution < 1.29 is 4.74 Å². The van der Waals surface area contributed by atoms with E-state index in [1.54, 1.807) is 12.1 Å². The lowest BCUT2D eigenvalue weighted by atomic mass is 10.1. The van der Waals surface area contributed by atoms with Gasteiger partial charge in [-0.25, -0.2) is 9.97 Å². The van der Waals surface area contributed by atoms with Crippen LogP contribution in [0.5, 0.6) is 5.75 Å². The minimum absolute atomic E-state index is 0.0971. The molecule has 94 valence electrons. The molecule has 0 aliphatic carbocycles. The Bertz CT molecular complexity index is 555. The van der Waals surface area contributed by atoms with Gasteiger partial charge in [0.1, 0.15) is 10.9 Å². The highest BCUT2D eigenvalue weighted by molar-refractivity contribution is 6.34. The molecule has 0 radical (unpaired) electrons. The number of aromatic nitrogens is 2. The summed E-state index contributed by atoms with van der Waals surface area (Å²) >= 11 is 12.0. The number of anilines is 1. The zero-order chi connectivity index (χ0) is 13.1. The fourth-order valence-electron chi connectivity index (χ4n) is 1.59. The Kier molecular flexibility index (Phi) is 3.89. The van der Waals surface area contributed by atoms with Crippen molar-refractivity contribution in [2.45, 2.75) is 6.92 Å². The molecule has 1 heterocycles. The van der Waals surface area contributed by atoms with E-state index in [1.165, 1.54) is 0 Å². The number of benzene rings is 1. The van der Waals surface area contributed by atoms with Crippen LogP contribution in [-0.4, -0.2) is 16.6 Å². The Balaban J connectivity index is 2.61. The molecular formula is C12H11Cl2N3O. The highest BCUT2D eigenvalue weighted by atomic mass is 35.5. The molecule has 0 spiro atoms. The summed E-state index contributed by atoms with van der Waals surface area (Å²) in [6, 6.07) is 6.98. The number of hydrogen-bond donors (Lipinski definition) is 1. The van der Waals surface area contributed by atoms with Crippen LogP contribution < -0.4 is 10.5 Å². The summed E-state index contributed by atoms with van der Waals surface area (Å²) < 4.78 is 5.52. The van der Waals surface area contributed by atoms with Gasteiger partial charge in [0.05, 0.1) is 22.9 Å². The van der Waals surface area contributed by atoms with Gasteiger partial charge in [-0.2, -0.15) is 0 Å². The molecule has 2 rings (SSSR count). The highest BCUT2D eigenvalue weighted by Gasteiger charge is 2.13. The average molecular weight is 284 g/mol. The van der Waals surface area contributed by atoms with Crippen LogP contribution in [0, 0.1) is 0 Å². The van der Waals surface area contributed by atoms with E-state index in [-0.39, 0.29) is 11.1 Å². The van der Waals surface area contributed by atoms with Crippen molar-refractivity contribution in [2.75, 3.05) is 12.3 Å². The molecule has 0 bridgehead atoms. The topological polar surface area (TPSA) is 61.0 Å².